The lowest BCUT2D eigenvalue weighted by Crippen LogP contribution is -2.50. The van der Waals surface area contributed by atoms with Gasteiger partial charge in [-0.15, -0.1) is 0 Å². The third-order valence-electron chi connectivity index (χ3n) is 8.43. The van der Waals surface area contributed by atoms with E-state index in [1.165, 1.54) is 0 Å². The second-order valence-corrected chi connectivity index (χ2v) is 12.3. The number of benzene rings is 1. The van der Waals surface area contributed by atoms with Crippen LogP contribution in [0.3, 0.4) is 0 Å². The number of likely N-dealkylation sites (N-methyl/N-ethyl adjacent to an activating group) is 1. The maximum atomic E-state index is 13.5. The van der Waals surface area contributed by atoms with E-state index in [4.69, 9.17) is 14.8 Å². The number of aromatic nitrogens is 5. The Morgan fingerprint density at radius 1 is 1.11 bits per heavy atom. The van der Waals surface area contributed by atoms with Crippen molar-refractivity contribution >= 4 is 28.1 Å². The van der Waals surface area contributed by atoms with Crippen LogP contribution in [0, 0.1) is 12.8 Å². The summed E-state index contributed by atoms with van der Waals surface area (Å²) in [7, 11) is 2.18. The number of amides is 1. The van der Waals surface area contributed by atoms with Crippen LogP contribution >= 0.6 is 0 Å². The van der Waals surface area contributed by atoms with Gasteiger partial charge in [0.25, 0.3) is 5.91 Å². The topological polar surface area (TPSA) is 92.8 Å². The molecule has 0 radical (unpaired) electrons. The quantitative estimate of drug-likeness (QED) is 0.246. The molecule has 1 aliphatic heterocycles. The highest BCUT2D eigenvalue weighted by atomic mass is 16.5. The summed E-state index contributed by atoms with van der Waals surface area (Å²) >= 11 is 0. The van der Waals surface area contributed by atoms with Crippen LogP contribution < -0.4 is 10.1 Å². The molecule has 10 nitrogen and oxygen atoms in total. The van der Waals surface area contributed by atoms with Crippen LogP contribution in [0.5, 0.6) is 5.75 Å². The number of hydrogen-bond acceptors (Lipinski definition) is 7. The highest BCUT2D eigenvalue weighted by Gasteiger charge is 2.21. The van der Waals surface area contributed by atoms with Gasteiger partial charge < -0.3 is 15.0 Å². The highest BCUT2D eigenvalue weighted by Crippen LogP contribution is 2.28. The molecule has 0 bridgehead atoms. The molecule has 1 aromatic carbocycles. The van der Waals surface area contributed by atoms with Gasteiger partial charge in [0.15, 0.2) is 0 Å². The van der Waals surface area contributed by atoms with E-state index in [0.29, 0.717) is 42.1 Å². The zero-order valence-electron chi connectivity index (χ0n) is 26.3. The molecule has 1 atom stereocenters. The van der Waals surface area contributed by atoms with Gasteiger partial charge >= 0.3 is 0 Å². The summed E-state index contributed by atoms with van der Waals surface area (Å²) in [6, 6.07) is 16.4. The van der Waals surface area contributed by atoms with Crippen molar-refractivity contribution in [1.29, 1.82) is 0 Å². The smallest absolute Gasteiger partial charge is 0.274 e. The first-order valence-corrected chi connectivity index (χ1v) is 15.5. The van der Waals surface area contributed by atoms with Crippen molar-refractivity contribution in [1.82, 2.24) is 33.9 Å². The molecule has 1 saturated heterocycles. The van der Waals surface area contributed by atoms with Gasteiger partial charge in [-0.1, -0.05) is 26.0 Å². The molecule has 230 valence electrons. The van der Waals surface area contributed by atoms with Crippen molar-refractivity contribution in [3.05, 3.63) is 83.7 Å². The first-order chi connectivity index (χ1) is 21.2. The van der Waals surface area contributed by atoms with Crippen molar-refractivity contribution in [2.45, 2.75) is 46.7 Å². The number of carbonyl (C=O) groups is 1. The van der Waals surface area contributed by atoms with Gasteiger partial charge in [0.1, 0.15) is 23.7 Å². The molecule has 5 heterocycles. The third-order valence-corrected chi connectivity index (χ3v) is 8.43. The monoisotopic (exact) mass is 594 g/mol. The zero-order chi connectivity index (χ0) is 30.8. The van der Waals surface area contributed by atoms with Gasteiger partial charge in [-0.2, -0.15) is 5.10 Å². The van der Waals surface area contributed by atoms with Gasteiger partial charge in [0.05, 0.1) is 35.3 Å². The fourth-order valence-electron chi connectivity index (χ4n) is 5.97. The van der Waals surface area contributed by atoms with E-state index in [0.717, 1.165) is 66.3 Å². The maximum Gasteiger partial charge on any atom is 0.274 e. The van der Waals surface area contributed by atoms with Crippen molar-refractivity contribution in [2.75, 3.05) is 45.2 Å². The summed E-state index contributed by atoms with van der Waals surface area (Å²) in [6.07, 6.45) is 4.39. The Morgan fingerprint density at radius 2 is 1.93 bits per heavy atom. The van der Waals surface area contributed by atoms with E-state index in [9.17, 15) is 4.79 Å². The van der Waals surface area contributed by atoms with E-state index in [1.54, 1.807) is 10.6 Å². The van der Waals surface area contributed by atoms with Gasteiger partial charge in [-0.3, -0.25) is 23.8 Å². The second-order valence-electron chi connectivity index (χ2n) is 12.3. The van der Waals surface area contributed by atoms with Crippen molar-refractivity contribution in [2.24, 2.45) is 5.92 Å². The van der Waals surface area contributed by atoms with Crippen LogP contribution in [0.15, 0.2) is 60.9 Å². The Balaban J connectivity index is 1.14. The van der Waals surface area contributed by atoms with Crippen molar-refractivity contribution in [3.8, 4) is 5.75 Å². The summed E-state index contributed by atoms with van der Waals surface area (Å²) < 4.78 is 9.80. The van der Waals surface area contributed by atoms with Crippen LogP contribution in [-0.4, -0.2) is 85.7 Å². The fraction of sp³-hybridized carbons (Fsp3) is 0.412. The number of piperazine rings is 1. The molecule has 1 aliphatic rings. The molecule has 5 aromatic rings. The Bertz CT molecular complexity index is 1770. The van der Waals surface area contributed by atoms with Crippen molar-refractivity contribution < 1.29 is 9.53 Å². The standard InChI is InChI=1S/C34H42N8O2/c1-23(2)18-26-8-6-9-27(36-26)22-42-30-11-7-10-29(33(30)25(4)38-42)37-34(43)31-20-35-32-19-28(12-13-41(31)32)44-17-16-40-15-14-39(5)24(3)21-40/h6-13,19-20,23-24H,14-18,21-22H2,1-5H3,(H,37,43). The number of aryl methyl sites for hydroxylation is 1. The normalized spacial score (nSPS) is 16.3. The summed E-state index contributed by atoms with van der Waals surface area (Å²) in [6.45, 7) is 13.9. The number of carbonyl (C=O) groups excluding carboxylic acids is 1. The van der Waals surface area contributed by atoms with Gasteiger partial charge in [0, 0.05) is 55.6 Å². The Morgan fingerprint density at radius 3 is 2.75 bits per heavy atom. The molecule has 6 rings (SSSR count). The van der Waals surface area contributed by atoms with E-state index in [1.807, 2.05) is 54.2 Å². The minimum absolute atomic E-state index is 0.238. The number of imidazole rings is 1. The second kappa shape index (κ2) is 12.8. The van der Waals surface area contributed by atoms with Gasteiger partial charge in [0.2, 0.25) is 0 Å². The SMILES string of the molecule is Cc1nn(Cc2cccc(CC(C)C)n2)c2cccc(NC(=O)c3cnc4cc(OCCN5CCN(C)C(C)C5)ccn34)c12. The lowest BCUT2D eigenvalue weighted by Gasteiger charge is -2.37. The number of nitrogens with zero attached hydrogens (tertiary/aromatic N) is 7. The molecule has 0 saturated carbocycles. The van der Waals surface area contributed by atoms with Crippen LogP contribution in [0.25, 0.3) is 16.6 Å². The average molecular weight is 595 g/mol. The molecule has 1 amide bonds. The molecule has 4 aromatic heterocycles. The summed E-state index contributed by atoms with van der Waals surface area (Å²) in [5, 5.41) is 8.84. The van der Waals surface area contributed by atoms with Crippen LogP contribution in [0.2, 0.25) is 0 Å². The predicted molar refractivity (Wildman–Crippen MR) is 174 cm³/mol. The lowest BCUT2D eigenvalue weighted by molar-refractivity contribution is 0.0928. The Kier molecular flexibility index (Phi) is 8.63. The molecular weight excluding hydrogens is 552 g/mol. The van der Waals surface area contributed by atoms with E-state index >= 15 is 0 Å². The third kappa shape index (κ3) is 6.46. The maximum absolute atomic E-state index is 13.5. The molecule has 1 N–H and O–H groups in total. The number of fused-ring (bicyclic) bond motifs is 2. The summed E-state index contributed by atoms with van der Waals surface area (Å²) in [5.74, 6) is 1.05. The van der Waals surface area contributed by atoms with Crippen molar-refractivity contribution in [3.63, 3.8) is 0 Å². The first-order valence-electron chi connectivity index (χ1n) is 15.5. The highest BCUT2D eigenvalue weighted by molar-refractivity contribution is 6.08. The summed E-state index contributed by atoms with van der Waals surface area (Å²) in [4.78, 5) is 27.7. The molecule has 1 fully saturated rings. The van der Waals surface area contributed by atoms with E-state index in [-0.39, 0.29) is 5.91 Å². The minimum Gasteiger partial charge on any atom is -0.492 e. The van der Waals surface area contributed by atoms with Gasteiger partial charge in [-0.05, 0) is 63.6 Å². The fourth-order valence-corrected chi connectivity index (χ4v) is 5.97. The molecule has 0 spiro atoms. The number of anilines is 1. The minimum atomic E-state index is -0.238. The van der Waals surface area contributed by atoms with Gasteiger partial charge in [-0.25, -0.2) is 4.98 Å². The molecular formula is C34H42N8O2. The van der Waals surface area contributed by atoms with Crippen LogP contribution in [-0.2, 0) is 13.0 Å². The first kappa shape index (κ1) is 29.8. The molecule has 10 heteroatoms. The lowest BCUT2D eigenvalue weighted by atomic mass is 10.1. The number of ether oxygens (including phenoxy) is 1. The number of hydrogen-bond donors (Lipinski definition) is 1. The Labute approximate surface area is 258 Å². The van der Waals surface area contributed by atoms with E-state index in [2.05, 4.69) is 60.1 Å². The number of rotatable bonds is 10. The molecule has 44 heavy (non-hydrogen) atoms. The number of nitrogens with one attached hydrogen (secondary N) is 1. The Hall–Kier alpha value is -4.28. The largest absolute Gasteiger partial charge is 0.492 e. The van der Waals surface area contributed by atoms with Crippen LogP contribution in [0.1, 0.15) is 48.3 Å². The van der Waals surface area contributed by atoms with Crippen LogP contribution in [0.4, 0.5) is 5.69 Å². The zero-order valence-corrected chi connectivity index (χ0v) is 26.3. The molecule has 0 aliphatic carbocycles. The van der Waals surface area contributed by atoms with E-state index < -0.39 is 0 Å². The average Bonchev–Trinajstić information content (AvgIpc) is 3.56. The molecule has 1 unspecified atom stereocenters. The summed E-state index contributed by atoms with van der Waals surface area (Å²) in [5.41, 5.74) is 5.67. The predicted octanol–water partition coefficient (Wildman–Crippen LogP) is 4.90. The number of pyridine rings is 2.